The minimum Gasteiger partial charge on any atom is -0.497 e. The zero-order valence-electron chi connectivity index (χ0n) is 13.8. The molecule has 1 heterocycles. The summed E-state index contributed by atoms with van der Waals surface area (Å²) >= 11 is 0. The maximum atomic E-state index is 13.2. The van der Waals surface area contributed by atoms with Crippen molar-refractivity contribution in [2.75, 3.05) is 7.11 Å². The van der Waals surface area contributed by atoms with Gasteiger partial charge in [-0.05, 0) is 42.0 Å². The Kier molecular flexibility index (Phi) is 5.58. The van der Waals surface area contributed by atoms with E-state index in [0.29, 0.717) is 21.9 Å². The number of ether oxygens (including phenoxy) is 1. The van der Waals surface area contributed by atoms with Gasteiger partial charge in [0.1, 0.15) is 11.0 Å². The van der Waals surface area contributed by atoms with Crippen molar-refractivity contribution in [3.05, 3.63) is 90.3 Å². The second kappa shape index (κ2) is 8.05. The fraction of sp³-hybridized carbons (Fsp3) is 0.150. The van der Waals surface area contributed by atoms with Crippen LogP contribution >= 0.6 is 0 Å². The van der Waals surface area contributed by atoms with E-state index in [2.05, 4.69) is 4.98 Å². The third-order valence-electron chi connectivity index (χ3n) is 3.93. The van der Waals surface area contributed by atoms with Crippen LogP contribution in [0.3, 0.4) is 0 Å². The molecule has 0 unspecified atom stereocenters. The Morgan fingerprint density at radius 1 is 0.960 bits per heavy atom. The fourth-order valence-electron chi connectivity index (χ4n) is 2.61. The fourth-order valence-corrected chi connectivity index (χ4v) is 4.06. The topological polar surface area (TPSA) is 59.4 Å². The highest BCUT2D eigenvalue weighted by atomic mass is 32.2. The number of methoxy groups -OCH3 is 1. The summed E-state index contributed by atoms with van der Waals surface area (Å²) in [6.07, 6.45) is 0.713. The van der Waals surface area contributed by atoms with E-state index < -0.39 is 22.2 Å². The van der Waals surface area contributed by atoms with Crippen molar-refractivity contribution in [3.8, 4) is 5.75 Å². The van der Waals surface area contributed by atoms with Crippen LogP contribution in [0.5, 0.6) is 5.75 Å². The van der Waals surface area contributed by atoms with Gasteiger partial charge in [-0.15, -0.1) is 0 Å². The van der Waals surface area contributed by atoms with E-state index in [1.165, 1.54) is 0 Å². The molecule has 0 fully saturated rings. The molecule has 0 radical (unpaired) electrons. The van der Waals surface area contributed by atoms with Crippen LogP contribution in [0.25, 0.3) is 0 Å². The minimum atomic E-state index is -1.48. The lowest BCUT2D eigenvalue weighted by Gasteiger charge is -2.22. The van der Waals surface area contributed by atoms with Crippen molar-refractivity contribution in [1.29, 1.82) is 0 Å². The molecular formula is C20H19NO3S. The molecule has 0 aliphatic carbocycles. The third kappa shape index (κ3) is 3.95. The zero-order valence-corrected chi connectivity index (χ0v) is 14.6. The first-order chi connectivity index (χ1) is 12.2. The summed E-state index contributed by atoms with van der Waals surface area (Å²) in [5.74, 6) is 0.693. The normalized spacial score (nSPS) is 14.5. The summed E-state index contributed by atoms with van der Waals surface area (Å²) in [4.78, 5) is 4.95. The van der Waals surface area contributed by atoms with Crippen molar-refractivity contribution >= 4 is 10.8 Å². The number of nitrogens with zero attached hydrogens (tertiary/aromatic N) is 1. The molecule has 0 amide bonds. The summed E-state index contributed by atoms with van der Waals surface area (Å²) in [6, 6.07) is 21.7. The quantitative estimate of drug-likeness (QED) is 0.734. The Balaban J connectivity index is 2.00. The van der Waals surface area contributed by atoms with Crippen LogP contribution in [0.2, 0.25) is 0 Å². The molecule has 0 saturated carbocycles. The highest BCUT2D eigenvalue weighted by molar-refractivity contribution is 7.85. The van der Waals surface area contributed by atoms with E-state index in [0.717, 1.165) is 0 Å². The lowest BCUT2D eigenvalue weighted by atomic mass is 10.0. The average Bonchev–Trinajstić information content (AvgIpc) is 2.69. The lowest BCUT2D eigenvalue weighted by Crippen LogP contribution is -2.17. The van der Waals surface area contributed by atoms with E-state index in [-0.39, 0.29) is 0 Å². The van der Waals surface area contributed by atoms with Gasteiger partial charge in [-0.3, -0.25) is 9.19 Å². The van der Waals surface area contributed by atoms with Gasteiger partial charge < -0.3 is 9.84 Å². The molecule has 3 rings (SSSR count). The Labute approximate surface area is 149 Å². The van der Waals surface area contributed by atoms with Crippen LogP contribution in [0.4, 0.5) is 0 Å². The number of benzene rings is 2. The largest absolute Gasteiger partial charge is 0.497 e. The van der Waals surface area contributed by atoms with Crippen LogP contribution in [-0.2, 0) is 10.8 Å². The number of pyridine rings is 1. The van der Waals surface area contributed by atoms with Gasteiger partial charge in [0.25, 0.3) is 0 Å². The van der Waals surface area contributed by atoms with E-state index in [1.54, 1.807) is 49.7 Å². The molecule has 0 spiro atoms. The molecule has 25 heavy (non-hydrogen) atoms. The molecule has 1 aromatic heterocycles. The van der Waals surface area contributed by atoms with Crippen LogP contribution < -0.4 is 4.74 Å². The van der Waals surface area contributed by atoms with Crippen LogP contribution in [0.1, 0.15) is 22.6 Å². The van der Waals surface area contributed by atoms with Gasteiger partial charge >= 0.3 is 0 Å². The van der Waals surface area contributed by atoms with Crippen molar-refractivity contribution < 1.29 is 14.1 Å². The van der Waals surface area contributed by atoms with Crippen LogP contribution in [0, 0.1) is 0 Å². The van der Waals surface area contributed by atoms with Gasteiger partial charge in [-0.1, -0.05) is 36.4 Å². The van der Waals surface area contributed by atoms with Gasteiger partial charge in [0.05, 0.1) is 29.7 Å². The first kappa shape index (κ1) is 17.3. The summed E-state index contributed by atoms with van der Waals surface area (Å²) in [7, 11) is 0.104. The summed E-state index contributed by atoms with van der Waals surface area (Å²) < 4.78 is 18.4. The Morgan fingerprint density at radius 3 is 2.24 bits per heavy atom. The summed E-state index contributed by atoms with van der Waals surface area (Å²) in [6.45, 7) is 0. The molecule has 0 saturated heterocycles. The molecule has 0 aliphatic rings. The molecule has 3 atom stereocenters. The van der Waals surface area contributed by atoms with Crippen molar-refractivity contribution in [2.45, 2.75) is 16.2 Å². The molecule has 1 N–H and O–H groups in total. The number of hydrogen-bond acceptors (Lipinski definition) is 4. The first-order valence-corrected chi connectivity index (χ1v) is 9.10. The molecule has 3 aromatic rings. The predicted octanol–water partition coefficient (Wildman–Crippen LogP) is 3.67. The zero-order chi connectivity index (χ0) is 17.6. The van der Waals surface area contributed by atoms with Gasteiger partial charge in [-0.25, -0.2) is 0 Å². The second-order valence-corrected chi connectivity index (χ2v) is 7.08. The summed E-state index contributed by atoms with van der Waals surface area (Å²) in [5, 5.41) is 10.2. The first-order valence-electron chi connectivity index (χ1n) is 7.89. The standard InChI is InChI=1S/C20H19NO3S/c1-24-16-10-12-17(13-11-16)25(23)20(18-9-5-6-14-21-18)19(22)15-7-3-2-4-8-15/h2-14,19-20,22H,1H3/t19-,20+,25-/m0/s1. The Morgan fingerprint density at radius 2 is 1.64 bits per heavy atom. The molecule has 5 heteroatoms. The van der Waals surface area contributed by atoms with Crippen molar-refractivity contribution in [2.24, 2.45) is 0 Å². The molecule has 0 bridgehead atoms. The van der Waals surface area contributed by atoms with Gasteiger partial charge in [-0.2, -0.15) is 0 Å². The van der Waals surface area contributed by atoms with Gasteiger partial charge in [0.15, 0.2) is 0 Å². The average molecular weight is 353 g/mol. The van der Waals surface area contributed by atoms with E-state index in [1.807, 2.05) is 36.4 Å². The Bertz CT molecular complexity index is 823. The maximum Gasteiger partial charge on any atom is 0.118 e. The molecule has 4 nitrogen and oxygen atoms in total. The van der Waals surface area contributed by atoms with E-state index >= 15 is 0 Å². The van der Waals surface area contributed by atoms with Gasteiger partial charge in [0.2, 0.25) is 0 Å². The maximum absolute atomic E-state index is 13.2. The van der Waals surface area contributed by atoms with Crippen LogP contribution in [-0.4, -0.2) is 21.4 Å². The monoisotopic (exact) mass is 353 g/mol. The number of hydrogen-bond donors (Lipinski definition) is 1. The van der Waals surface area contributed by atoms with E-state index in [4.69, 9.17) is 4.74 Å². The third-order valence-corrected chi connectivity index (χ3v) is 5.63. The highest BCUT2D eigenvalue weighted by Crippen LogP contribution is 2.36. The summed E-state index contributed by atoms with van der Waals surface area (Å²) in [5.41, 5.74) is 1.30. The minimum absolute atomic E-state index is 0.591. The van der Waals surface area contributed by atoms with Crippen LogP contribution in [0.15, 0.2) is 83.9 Å². The number of rotatable bonds is 6. The highest BCUT2D eigenvalue weighted by Gasteiger charge is 2.30. The number of aliphatic hydroxyl groups excluding tert-OH is 1. The van der Waals surface area contributed by atoms with Crippen molar-refractivity contribution in [1.82, 2.24) is 4.98 Å². The number of aliphatic hydroxyl groups is 1. The van der Waals surface area contributed by atoms with Crippen molar-refractivity contribution in [3.63, 3.8) is 0 Å². The number of aromatic nitrogens is 1. The smallest absolute Gasteiger partial charge is 0.118 e. The molecule has 0 aliphatic heterocycles. The lowest BCUT2D eigenvalue weighted by molar-refractivity contribution is 0.172. The molecular weight excluding hydrogens is 334 g/mol. The van der Waals surface area contributed by atoms with E-state index in [9.17, 15) is 9.32 Å². The predicted molar refractivity (Wildman–Crippen MR) is 97.8 cm³/mol. The molecule has 2 aromatic carbocycles. The molecule has 128 valence electrons. The second-order valence-electron chi connectivity index (χ2n) is 5.50. The van der Waals surface area contributed by atoms with Gasteiger partial charge in [0, 0.05) is 11.1 Å². The Hall–Kier alpha value is -2.50. The SMILES string of the molecule is COc1ccc([S@](=O)[C@H](c2ccccn2)[C@@H](O)c2ccccc2)cc1.